The van der Waals surface area contributed by atoms with Crippen LogP contribution >= 0.6 is 0 Å². The van der Waals surface area contributed by atoms with Gasteiger partial charge in [0.15, 0.2) is 6.29 Å². The molecule has 3 rings (SSSR count). The lowest BCUT2D eigenvalue weighted by Crippen LogP contribution is -2.23. The van der Waals surface area contributed by atoms with Crippen molar-refractivity contribution in [3.63, 3.8) is 0 Å². The average Bonchev–Trinajstić information content (AvgIpc) is 2.95. The van der Waals surface area contributed by atoms with Crippen LogP contribution in [0.25, 0.3) is 10.9 Å². The summed E-state index contributed by atoms with van der Waals surface area (Å²) < 4.78 is 1.84. The Morgan fingerprint density at radius 1 is 1.13 bits per heavy atom. The number of hydrogen-bond acceptors (Lipinski definition) is 2. The number of aromatic nitrogens is 1. The van der Waals surface area contributed by atoms with E-state index in [0.29, 0.717) is 5.56 Å². The Morgan fingerprint density at radius 2 is 1.83 bits per heavy atom. The molecule has 4 nitrogen and oxygen atoms in total. The van der Waals surface area contributed by atoms with E-state index in [9.17, 15) is 9.59 Å². The molecule has 0 aliphatic heterocycles. The third kappa shape index (κ3) is 2.75. The molecule has 1 heterocycles. The highest BCUT2D eigenvalue weighted by atomic mass is 16.2. The van der Waals surface area contributed by atoms with Crippen molar-refractivity contribution in [1.29, 1.82) is 0 Å². The fraction of sp³-hybridized carbons (Fsp3) is 0.158. The highest BCUT2D eigenvalue weighted by Crippen LogP contribution is 2.25. The summed E-state index contributed by atoms with van der Waals surface area (Å²) >= 11 is 0. The summed E-state index contributed by atoms with van der Waals surface area (Å²) in [7, 11) is 0. The Labute approximate surface area is 134 Å². The number of fused-ring (bicyclic) bond motifs is 1. The van der Waals surface area contributed by atoms with Crippen LogP contribution in [0.2, 0.25) is 0 Å². The number of rotatable bonds is 4. The molecule has 23 heavy (non-hydrogen) atoms. The van der Waals surface area contributed by atoms with Crippen LogP contribution in [0.15, 0.2) is 54.7 Å². The predicted molar refractivity (Wildman–Crippen MR) is 91.8 cm³/mol. The van der Waals surface area contributed by atoms with E-state index in [0.717, 1.165) is 28.4 Å². The normalized spacial score (nSPS) is 12.1. The highest BCUT2D eigenvalue weighted by Gasteiger charge is 2.19. The van der Waals surface area contributed by atoms with Gasteiger partial charge in [0.1, 0.15) is 6.04 Å². The van der Waals surface area contributed by atoms with Gasteiger partial charge in [-0.25, -0.2) is 0 Å². The number of hydrogen-bond donors (Lipinski definition) is 1. The molecule has 0 fully saturated rings. The second kappa shape index (κ2) is 6.08. The van der Waals surface area contributed by atoms with E-state index >= 15 is 0 Å². The standard InChI is InChI=1S/C19H18N2O2/c1-13-7-3-5-9-17(13)20-19(23)14(2)21-11-15(12-22)16-8-4-6-10-18(16)21/h3-12,14H,1-2H3,(H,20,23). The van der Waals surface area contributed by atoms with Crippen LogP contribution in [0.5, 0.6) is 0 Å². The van der Waals surface area contributed by atoms with Gasteiger partial charge in [0.25, 0.3) is 0 Å². The lowest BCUT2D eigenvalue weighted by molar-refractivity contribution is -0.118. The predicted octanol–water partition coefficient (Wildman–Crippen LogP) is 3.96. The van der Waals surface area contributed by atoms with Gasteiger partial charge in [-0.3, -0.25) is 9.59 Å². The number of carbonyl (C=O) groups excluding carboxylic acids is 2. The quantitative estimate of drug-likeness (QED) is 0.742. The second-order valence-electron chi connectivity index (χ2n) is 5.61. The third-order valence-corrected chi connectivity index (χ3v) is 4.10. The summed E-state index contributed by atoms with van der Waals surface area (Å²) in [6.45, 7) is 3.78. The zero-order valence-electron chi connectivity index (χ0n) is 13.1. The molecule has 0 aliphatic rings. The molecule has 1 amide bonds. The van der Waals surface area contributed by atoms with Crippen molar-refractivity contribution in [2.24, 2.45) is 0 Å². The van der Waals surface area contributed by atoms with E-state index in [2.05, 4.69) is 5.32 Å². The number of anilines is 1. The van der Waals surface area contributed by atoms with E-state index in [1.165, 1.54) is 0 Å². The van der Waals surface area contributed by atoms with Crippen molar-refractivity contribution < 1.29 is 9.59 Å². The lowest BCUT2D eigenvalue weighted by Gasteiger charge is -2.16. The smallest absolute Gasteiger partial charge is 0.247 e. The van der Waals surface area contributed by atoms with E-state index in [-0.39, 0.29) is 5.91 Å². The fourth-order valence-corrected chi connectivity index (χ4v) is 2.72. The SMILES string of the molecule is Cc1ccccc1NC(=O)C(C)n1cc(C=O)c2ccccc21. The number of aldehydes is 1. The van der Waals surface area contributed by atoms with E-state index < -0.39 is 6.04 Å². The molecule has 0 saturated carbocycles. The minimum Gasteiger partial charge on any atom is -0.335 e. The maximum absolute atomic E-state index is 12.6. The monoisotopic (exact) mass is 306 g/mol. The average molecular weight is 306 g/mol. The zero-order valence-corrected chi connectivity index (χ0v) is 13.1. The zero-order chi connectivity index (χ0) is 16.4. The van der Waals surface area contributed by atoms with Gasteiger partial charge in [-0.05, 0) is 31.5 Å². The van der Waals surface area contributed by atoms with Crippen LogP contribution in [-0.4, -0.2) is 16.8 Å². The number of nitrogens with zero attached hydrogens (tertiary/aromatic N) is 1. The Kier molecular flexibility index (Phi) is 3.98. The highest BCUT2D eigenvalue weighted by molar-refractivity contribution is 6.00. The van der Waals surface area contributed by atoms with Crippen molar-refractivity contribution in [2.75, 3.05) is 5.32 Å². The molecule has 116 valence electrons. The summed E-state index contributed by atoms with van der Waals surface area (Å²) in [5, 5.41) is 3.81. The molecule has 0 spiro atoms. The molecule has 0 aliphatic carbocycles. The minimum atomic E-state index is -0.423. The molecule has 1 N–H and O–H groups in total. The molecule has 3 aromatic rings. The van der Waals surface area contributed by atoms with Crippen LogP contribution in [0.3, 0.4) is 0 Å². The van der Waals surface area contributed by atoms with Crippen LogP contribution in [0, 0.1) is 6.92 Å². The van der Waals surface area contributed by atoms with E-state index in [1.54, 1.807) is 6.20 Å². The summed E-state index contributed by atoms with van der Waals surface area (Å²) in [6.07, 6.45) is 2.56. The van der Waals surface area contributed by atoms with Crippen molar-refractivity contribution in [1.82, 2.24) is 4.57 Å². The molecule has 0 radical (unpaired) electrons. The maximum atomic E-state index is 12.6. The lowest BCUT2D eigenvalue weighted by atomic mass is 10.2. The van der Waals surface area contributed by atoms with Crippen molar-refractivity contribution in [3.8, 4) is 0 Å². The Hall–Kier alpha value is -2.88. The summed E-state index contributed by atoms with van der Waals surface area (Å²) in [6, 6.07) is 14.8. The first-order valence-corrected chi connectivity index (χ1v) is 7.53. The summed E-state index contributed by atoms with van der Waals surface area (Å²) in [4.78, 5) is 23.8. The van der Waals surface area contributed by atoms with Crippen LogP contribution in [-0.2, 0) is 4.79 Å². The minimum absolute atomic E-state index is 0.113. The molecular formula is C19H18N2O2. The first kappa shape index (κ1) is 15.0. The fourth-order valence-electron chi connectivity index (χ4n) is 2.72. The second-order valence-corrected chi connectivity index (χ2v) is 5.61. The Balaban J connectivity index is 1.94. The van der Waals surface area contributed by atoms with E-state index in [1.807, 2.05) is 66.9 Å². The number of aryl methyl sites for hydroxylation is 1. The topological polar surface area (TPSA) is 51.1 Å². The number of carbonyl (C=O) groups is 2. The van der Waals surface area contributed by atoms with Crippen molar-refractivity contribution >= 4 is 28.8 Å². The number of benzene rings is 2. The molecule has 2 aromatic carbocycles. The summed E-state index contributed by atoms with van der Waals surface area (Å²) in [5.41, 5.74) is 3.29. The van der Waals surface area contributed by atoms with Crippen molar-refractivity contribution in [3.05, 3.63) is 65.9 Å². The largest absolute Gasteiger partial charge is 0.335 e. The number of amides is 1. The van der Waals surface area contributed by atoms with Gasteiger partial charge in [0, 0.05) is 28.4 Å². The van der Waals surface area contributed by atoms with Gasteiger partial charge >= 0.3 is 0 Å². The molecule has 1 aromatic heterocycles. The van der Waals surface area contributed by atoms with Gasteiger partial charge in [-0.15, -0.1) is 0 Å². The third-order valence-electron chi connectivity index (χ3n) is 4.10. The molecule has 0 bridgehead atoms. The Morgan fingerprint density at radius 3 is 2.57 bits per heavy atom. The van der Waals surface area contributed by atoms with Gasteiger partial charge in [0.05, 0.1) is 0 Å². The first-order valence-electron chi connectivity index (χ1n) is 7.53. The number of nitrogens with one attached hydrogen (secondary N) is 1. The van der Waals surface area contributed by atoms with Gasteiger partial charge in [-0.2, -0.15) is 0 Å². The molecule has 1 unspecified atom stereocenters. The van der Waals surface area contributed by atoms with Gasteiger partial charge < -0.3 is 9.88 Å². The van der Waals surface area contributed by atoms with Gasteiger partial charge in [0.2, 0.25) is 5.91 Å². The van der Waals surface area contributed by atoms with Crippen LogP contribution < -0.4 is 5.32 Å². The summed E-state index contributed by atoms with van der Waals surface area (Å²) in [5.74, 6) is -0.113. The molecule has 0 saturated heterocycles. The van der Waals surface area contributed by atoms with Gasteiger partial charge in [-0.1, -0.05) is 36.4 Å². The van der Waals surface area contributed by atoms with Crippen molar-refractivity contribution in [2.45, 2.75) is 19.9 Å². The molecular weight excluding hydrogens is 288 g/mol. The Bertz CT molecular complexity index is 880. The van der Waals surface area contributed by atoms with Crippen LogP contribution in [0.4, 0.5) is 5.69 Å². The number of para-hydroxylation sites is 2. The van der Waals surface area contributed by atoms with Crippen LogP contribution in [0.1, 0.15) is 28.9 Å². The van der Waals surface area contributed by atoms with E-state index in [4.69, 9.17) is 0 Å². The molecule has 1 atom stereocenters. The first-order chi connectivity index (χ1) is 11.1. The maximum Gasteiger partial charge on any atom is 0.247 e. The molecule has 4 heteroatoms.